The lowest BCUT2D eigenvalue weighted by Crippen LogP contribution is -2.57. The molecule has 0 bridgehead atoms. The van der Waals surface area contributed by atoms with Gasteiger partial charge in [0, 0.05) is 31.2 Å². The maximum absolute atomic E-state index is 13.2. The van der Waals surface area contributed by atoms with Crippen molar-refractivity contribution >= 4 is 15.9 Å². The zero-order valence-corrected chi connectivity index (χ0v) is 18.1. The third-order valence-corrected chi connectivity index (χ3v) is 6.59. The van der Waals surface area contributed by atoms with Gasteiger partial charge >= 0.3 is 12.4 Å². The highest BCUT2D eigenvalue weighted by molar-refractivity contribution is 7.88. The molecule has 2 aromatic carbocycles. The quantitative estimate of drug-likeness (QED) is 0.603. The molecule has 0 radical (unpaired) electrons. The maximum Gasteiger partial charge on any atom is 0.416 e. The van der Waals surface area contributed by atoms with Crippen molar-refractivity contribution in [1.82, 2.24) is 9.21 Å². The van der Waals surface area contributed by atoms with E-state index in [4.69, 9.17) is 0 Å². The number of piperazine rings is 1. The zero-order chi connectivity index (χ0) is 24.6. The van der Waals surface area contributed by atoms with Gasteiger partial charge in [-0.3, -0.25) is 4.79 Å². The molecule has 1 amide bonds. The number of alkyl halides is 6. The minimum atomic E-state index is -5.09. The van der Waals surface area contributed by atoms with Gasteiger partial charge in [-0.05, 0) is 30.2 Å². The van der Waals surface area contributed by atoms with Gasteiger partial charge < -0.3 is 4.90 Å². The molecule has 1 heterocycles. The highest BCUT2D eigenvalue weighted by Gasteiger charge is 2.39. The number of hydrogen-bond acceptors (Lipinski definition) is 3. The predicted octanol–water partition coefficient (Wildman–Crippen LogP) is 4.05. The van der Waals surface area contributed by atoms with E-state index < -0.39 is 51.0 Å². The van der Waals surface area contributed by atoms with E-state index in [-0.39, 0.29) is 32.1 Å². The van der Waals surface area contributed by atoms with E-state index in [2.05, 4.69) is 0 Å². The van der Waals surface area contributed by atoms with Crippen LogP contribution in [0, 0.1) is 0 Å². The summed E-state index contributed by atoms with van der Waals surface area (Å²) in [7, 11) is -3.62. The number of nitrogens with zero attached hydrogens (tertiary/aromatic N) is 2. The highest BCUT2D eigenvalue weighted by atomic mass is 32.2. The molecule has 12 heteroatoms. The first-order valence-electron chi connectivity index (χ1n) is 9.76. The van der Waals surface area contributed by atoms with E-state index in [1.165, 1.54) is 0 Å². The normalized spacial score (nSPS) is 18.4. The molecule has 0 N–H and O–H groups in total. The van der Waals surface area contributed by atoms with Gasteiger partial charge in [0.05, 0.1) is 17.4 Å². The SMILES string of the molecule is CS(=O)(=O)N1CCN(C(=O)c2cc(C(F)(F)F)cc(C(F)(F)F)c2)[C@H](Cc2ccccc2)C1. The summed E-state index contributed by atoms with van der Waals surface area (Å²) in [4.78, 5) is 14.3. The Morgan fingerprint density at radius 2 is 1.48 bits per heavy atom. The summed E-state index contributed by atoms with van der Waals surface area (Å²) in [6, 6.07) is 8.61. The number of amides is 1. The fourth-order valence-electron chi connectivity index (χ4n) is 3.70. The molecule has 5 nitrogen and oxygen atoms in total. The molecule has 1 aliphatic rings. The molecule has 33 heavy (non-hydrogen) atoms. The zero-order valence-electron chi connectivity index (χ0n) is 17.3. The lowest BCUT2D eigenvalue weighted by molar-refractivity contribution is -0.143. The van der Waals surface area contributed by atoms with Crippen molar-refractivity contribution in [3.63, 3.8) is 0 Å². The van der Waals surface area contributed by atoms with Crippen molar-refractivity contribution in [2.45, 2.75) is 24.8 Å². The number of halogens is 6. The van der Waals surface area contributed by atoms with Crippen LogP contribution in [0.4, 0.5) is 26.3 Å². The van der Waals surface area contributed by atoms with Crippen LogP contribution >= 0.6 is 0 Å². The number of benzene rings is 2. The molecule has 0 spiro atoms. The smallest absolute Gasteiger partial charge is 0.333 e. The summed E-state index contributed by atoms with van der Waals surface area (Å²) in [5.41, 5.74) is -3.20. The van der Waals surface area contributed by atoms with E-state index in [1.54, 1.807) is 30.3 Å². The molecular weight excluding hydrogens is 474 g/mol. The minimum Gasteiger partial charge on any atom is -0.333 e. The number of rotatable bonds is 4. The summed E-state index contributed by atoms with van der Waals surface area (Å²) in [6.45, 7) is -0.438. The molecule has 1 fully saturated rings. The van der Waals surface area contributed by atoms with Gasteiger partial charge in [0.25, 0.3) is 5.91 Å². The molecule has 1 atom stereocenters. The first kappa shape index (κ1) is 25.0. The average Bonchev–Trinajstić information content (AvgIpc) is 2.72. The van der Waals surface area contributed by atoms with Gasteiger partial charge in [0.15, 0.2) is 0 Å². The van der Waals surface area contributed by atoms with Crippen molar-refractivity contribution < 1.29 is 39.6 Å². The Bertz CT molecular complexity index is 1080. The van der Waals surface area contributed by atoms with Gasteiger partial charge in [-0.15, -0.1) is 0 Å². The lowest BCUT2D eigenvalue weighted by Gasteiger charge is -2.40. The van der Waals surface area contributed by atoms with E-state index in [1.807, 2.05) is 0 Å². The topological polar surface area (TPSA) is 57.7 Å². The number of carbonyl (C=O) groups is 1. The Morgan fingerprint density at radius 3 is 1.97 bits per heavy atom. The van der Waals surface area contributed by atoms with Crippen LogP contribution in [0.1, 0.15) is 27.0 Å². The van der Waals surface area contributed by atoms with Crippen molar-refractivity contribution in [1.29, 1.82) is 0 Å². The van der Waals surface area contributed by atoms with Gasteiger partial charge in [0.2, 0.25) is 10.0 Å². The molecule has 0 aromatic heterocycles. The summed E-state index contributed by atoms with van der Waals surface area (Å²) >= 11 is 0. The van der Waals surface area contributed by atoms with E-state index >= 15 is 0 Å². The van der Waals surface area contributed by atoms with Gasteiger partial charge in [-0.1, -0.05) is 30.3 Å². The van der Waals surface area contributed by atoms with Crippen molar-refractivity contribution in [3.8, 4) is 0 Å². The van der Waals surface area contributed by atoms with Gasteiger partial charge in [-0.25, -0.2) is 8.42 Å². The summed E-state index contributed by atoms with van der Waals surface area (Å²) < 4.78 is 104. The largest absolute Gasteiger partial charge is 0.416 e. The van der Waals surface area contributed by atoms with E-state index in [0.717, 1.165) is 21.0 Å². The van der Waals surface area contributed by atoms with Crippen LogP contribution in [0.3, 0.4) is 0 Å². The molecule has 2 aromatic rings. The molecule has 0 aliphatic carbocycles. The summed E-state index contributed by atoms with van der Waals surface area (Å²) in [5, 5.41) is 0. The molecule has 1 saturated heterocycles. The molecule has 0 unspecified atom stereocenters. The van der Waals surface area contributed by atoms with Crippen LogP contribution in [-0.2, 0) is 28.8 Å². The van der Waals surface area contributed by atoms with Crippen molar-refractivity contribution in [3.05, 3.63) is 70.8 Å². The Hall–Kier alpha value is -2.60. The fourth-order valence-corrected chi connectivity index (χ4v) is 4.56. The third kappa shape index (κ3) is 6.05. The Labute approximate surface area is 186 Å². The second-order valence-electron chi connectivity index (χ2n) is 7.76. The molecular formula is C21H20F6N2O3S. The Balaban J connectivity index is 2.01. The van der Waals surface area contributed by atoms with E-state index in [9.17, 15) is 39.6 Å². The molecule has 1 aliphatic heterocycles. The first-order chi connectivity index (χ1) is 15.2. The minimum absolute atomic E-state index is 0.0418. The second kappa shape index (κ2) is 8.98. The standard InChI is InChI=1S/C21H20F6N2O3S/c1-33(31,32)28-7-8-29(18(13-28)9-14-5-3-2-4-6-14)19(30)15-10-16(20(22,23)24)12-17(11-15)21(25,26)27/h2-6,10-12,18H,7-9,13H2,1H3/t18-/m1/s1. The highest BCUT2D eigenvalue weighted by Crippen LogP contribution is 2.37. The monoisotopic (exact) mass is 494 g/mol. The first-order valence-corrected chi connectivity index (χ1v) is 11.6. The van der Waals surface area contributed by atoms with Crippen molar-refractivity contribution in [2.24, 2.45) is 0 Å². The number of sulfonamides is 1. The average molecular weight is 494 g/mol. The molecule has 3 rings (SSSR count). The van der Waals surface area contributed by atoms with Crippen LogP contribution in [0.5, 0.6) is 0 Å². The molecule has 0 saturated carbocycles. The third-order valence-electron chi connectivity index (χ3n) is 5.32. The summed E-state index contributed by atoms with van der Waals surface area (Å²) in [5.74, 6) is -1.03. The fraction of sp³-hybridized carbons (Fsp3) is 0.381. The number of carbonyl (C=O) groups excluding carboxylic acids is 1. The Kier molecular flexibility index (Phi) is 6.81. The van der Waals surface area contributed by atoms with E-state index in [0.29, 0.717) is 12.1 Å². The maximum atomic E-state index is 13.2. The Morgan fingerprint density at radius 1 is 0.939 bits per heavy atom. The summed E-state index contributed by atoms with van der Waals surface area (Å²) in [6.07, 6.45) is -9.01. The van der Waals surface area contributed by atoms with Crippen LogP contribution < -0.4 is 0 Å². The van der Waals surface area contributed by atoms with Crippen LogP contribution in [-0.4, -0.2) is 55.5 Å². The van der Waals surface area contributed by atoms with Gasteiger partial charge in [0.1, 0.15) is 0 Å². The lowest BCUT2D eigenvalue weighted by atomic mass is 10.00. The molecule has 180 valence electrons. The number of hydrogen-bond donors (Lipinski definition) is 0. The van der Waals surface area contributed by atoms with Crippen LogP contribution in [0.2, 0.25) is 0 Å². The van der Waals surface area contributed by atoms with Crippen molar-refractivity contribution in [2.75, 3.05) is 25.9 Å². The van der Waals surface area contributed by atoms with Crippen LogP contribution in [0.15, 0.2) is 48.5 Å². The second-order valence-corrected chi connectivity index (χ2v) is 9.74. The van der Waals surface area contributed by atoms with Crippen LogP contribution in [0.25, 0.3) is 0 Å². The van der Waals surface area contributed by atoms with Gasteiger partial charge in [-0.2, -0.15) is 30.6 Å². The predicted molar refractivity (Wildman–Crippen MR) is 108 cm³/mol.